The van der Waals surface area contributed by atoms with Crippen LogP contribution in [0.25, 0.3) is 10.2 Å². The molecule has 0 saturated heterocycles. The van der Waals surface area contributed by atoms with Gasteiger partial charge in [-0.15, -0.1) is 11.3 Å². The highest BCUT2D eigenvalue weighted by Gasteiger charge is 2.24. The predicted octanol–water partition coefficient (Wildman–Crippen LogP) is 5.68. The molecule has 0 N–H and O–H groups in total. The minimum Gasteiger partial charge on any atom is -0.338 e. The van der Waals surface area contributed by atoms with Gasteiger partial charge in [0.05, 0.1) is 10.3 Å². The third-order valence-corrected chi connectivity index (χ3v) is 6.57. The van der Waals surface area contributed by atoms with Crippen LogP contribution in [0.1, 0.15) is 60.2 Å². The first kappa shape index (κ1) is 21.2. The van der Waals surface area contributed by atoms with Gasteiger partial charge in [0.15, 0.2) is 0 Å². The lowest BCUT2D eigenvalue weighted by atomic mass is 10.0. The number of rotatable bonds is 6. The minimum absolute atomic E-state index is 0.0723. The van der Waals surface area contributed by atoms with Crippen LogP contribution in [0.2, 0.25) is 0 Å². The van der Waals surface area contributed by atoms with E-state index in [1.807, 2.05) is 39.6 Å². The van der Waals surface area contributed by atoms with Gasteiger partial charge in [-0.2, -0.15) is 0 Å². The smallest absolute Gasteiger partial charge is 0.264 e. The Kier molecular flexibility index (Phi) is 6.22. The molecule has 5 nitrogen and oxygen atoms in total. The molecule has 29 heavy (non-hydrogen) atoms. The van der Waals surface area contributed by atoms with E-state index >= 15 is 0 Å². The monoisotopic (exact) mass is 410 g/mol. The molecule has 0 atom stereocenters. The lowest BCUT2D eigenvalue weighted by Crippen LogP contribution is -2.30. The summed E-state index contributed by atoms with van der Waals surface area (Å²) in [6, 6.07) is 8.58. The first-order valence-electron chi connectivity index (χ1n) is 10.2. The molecule has 0 saturated carbocycles. The number of benzene rings is 1. The van der Waals surface area contributed by atoms with Crippen molar-refractivity contribution < 1.29 is 4.79 Å². The number of carbonyl (C=O) groups is 1. The Bertz CT molecular complexity index is 1020. The van der Waals surface area contributed by atoms with Crippen LogP contribution >= 0.6 is 11.3 Å². The number of aromatic nitrogens is 2. The van der Waals surface area contributed by atoms with Crippen molar-refractivity contribution in [2.45, 2.75) is 47.5 Å². The molecule has 2 heterocycles. The van der Waals surface area contributed by atoms with E-state index in [0.717, 1.165) is 32.2 Å². The number of fused-ring (bicyclic) bond motifs is 1. The molecule has 0 aliphatic rings. The summed E-state index contributed by atoms with van der Waals surface area (Å²) >= 11 is 1.47. The zero-order valence-electron chi connectivity index (χ0n) is 18.4. The van der Waals surface area contributed by atoms with Crippen LogP contribution in [0.4, 0.5) is 11.5 Å². The number of hydrogen-bond acceptors (Lipinski definition) is 5. The second-order valence-corrected chi connectivity index (χ2v) is 8.61. The molecule has 0 aliphatic carbocycles. The van der Waals surface area contributed by atoms with Gasteiger partial charge in [0.25, 0.3) is 5.91 Å². The summed E-state index contributed by atoms with van der Waals surface area (Å²) in [7, 11) is 2.02. The van der Waals surface area contributed by atoms with Crippen LogP contribution < -0.4 is 4.90 Å². The van der Waals surface area contributed by atoms with Gasteiger partial charge in [0, 0.05) is 25.8 Å². The minimum atomic E-state index is 0.0723. The average Bonchev–Trinajstić information content (AvgIpc) is 3.03. The number of amides is 1. The van der Waals surface area contributed by atoms with Crippen LogP contribution in [0.3, 0.4) is 0 Å². The molecular formula is C23H30N4OS. The largest absolute Gasteiger partial charge is 0.338 e. The van der Waals surface area contributed by atoms with Crippen LogP contribution in [-0.2, 0) is 0 Å². The van der Waals surface area contributed by atoms with E-state index in [2.05, 4.69) is 48.0 Å². The van der Waals surface area contributed by atoms with E-state index in [-0.39, 0.29) is 5.91 Å². The highest BCUT2D eigenvalue weighted by Crippen LogP contribution is 2.38. The standard InChI is InChI=1S/C23H30N4OS/c1-8-27(9-2)23(28)20-15(5)19-21(24-16(6)25-22(19)29-20)26(7)18-12-10-17(11-13-18)14(3)4/h10-14H,8-9H2,1-7H3. The van der Waals surface area contributed by atoms with Crippen LogP contribution in [-0.4, -0.2) is 40.9 Å². The van der Waals surface area contributed by atoms with Crippen molar-refractivity contribution in [3.05, 3.63) is 46.1 Å². The molecule has 3 rings (SSSR count). The molecule has 0 unspecified atom stereocenters. The quantitative estimate of drug-likeness (QED) is 0.524. The summed E-state index contributed by atoms with van der Waals surface area (Å²) in [5.41, 5.74) is 3.34. The molecule has 1 amide bonds. The molecule has 0 spiro atoms. The van der Waals surface area contributed by atoms with Gasteiger partial charge >= 0.3 is 0 Å². The average molecular weight is 411 g/mol. The summed E-state index contributed by atoms with van der Waals surface area (Å²) in [5.74, 6) is 2.12. The number of carbonyl (C=O) groups excluding carboxylic acids is 1. The van der Waals surface area contributed by atoms with Crippen LogP contribution in [0, 0.1) is 13.8 Å². The maximum absolute atomic E-state index is 13.0. The topological polar surface area (TPSA) is 49.3 Å². The summed E-state index contributed by atoms with van der Waals surface area (Å²) in [6.45, 7) is 13.7. The predicted molar refractivity (Wildman–Crippen MR) is 123 cm³/mol. The molecule has 0 radical (unpaired) electrons. The van der Waals surface area contributed by atoms with Crippen molar-refractivity contribution in [3.63, 3.8) is 0 Å². The maximum Gasteiger partial charge on any atom is 0.264 e. The van der Waals surface area contributed by atoms with Gasteiger partial charge in [0.2, 0.25) is 0 Å². The van der Waals surface area contributed by atoms with Crippen LogP contribution in [0.5, 0.6) is 0 Å². The van der Waals surface area contributed by atoms with Gasteiger partial charge in [-0.3, -0.25) is 4.79 Å². The molecule has 0 aliphatic heterocycles. The van der Waals surface area contributed by atoms with Crippen molar-refractivity contribution in [1.29, 1.82) is 0 Å². The SMILES string of the molecule is CCN(CC)C(=O)c1sc2nc(C)nc(N(C)c3ccc(C(C)C)cc3)c2c1C. The normalized spacial score (nSPS) is 11.3. The number of anilines is 2. The van der Waals surface area contributed by atoms with Crippen molar-refractivity contribution >= 4 is 39.0 Å². The fourth-order valence-corrected chi connectivity index (χ4v) is 4.72. The molecule has 0 bridgehead atoms. The van der Waals surface area contributed by atoms with Crippen molar-refractivity contribution in [3.8, 4) is 0 Å². The molecule has 3 aromatic rings. The van der Waals surface area contributed by atoms with Gasteiger partial charge in [-0.1, -0.05) is 26.0 Å². The fourth-order valence-electron chi connectivity index (χ4n) is 3.53. The van der Waals surface area contributed by atoms with E-state index < -0.39 is 0 Å². The lowest BCUT2D eigenvalue weighted by Gasteiger charge is -2.21. The van der Waals surface area contributed by atoms with Crippen molar-refractivity contribution in [2.24, 2.45) is 0 Å². The van der Waals surface area contributed by atoms with Gasteiger partial charge in [-0.25, -0.2) is 9.97 Å². The zero-order chi connectivity index (χ0) is 21.3. The number of aryl methyl sites for hydroxylation is 2. The lowest BCUT2D eigenvalue weighted by molar-refractivity contribution is 0.0777. The number of thiophene rings is 1. The molecule has 2 aromatic heterocycles. The third kappa shape index (κ3) is 3.99. The highest BCUT2D eigenvalue weighted by molar-refractivity contribution is 7.20. The summed E-state index contributed by atoms with van der Waals surface area (Å²) in [6.07, 6.45) is 0. The van der Waals surface area contributed by atoms with E-state index in [1.165, 1.54) is 16.9 Å². The number of nitrogens with zero attached hydrogens (tertiary/aromatic N) is 4. The van der Waals surface area contributed by atoms with E-state index in [1.54, 1.807) is 0 Å². The molecule has 1 aromatic carbocycles. The van der Waals surface area contributed by atoms with E-state index in [4.69, 9.17) is 4.98 Å². The summed E-state index contributed by atoms with van der Waals surface area (Å²) in [5, 5.41) is 0.964. The Morgan fingerprint density at radius 2 is 1.69 bits per heavy atom. The Balaban J connectivity index is 2.11. The molecule has 0 fully saturated rings. The second kappa shape index (κ2) is 8.49. The Morgan fingerprint density at radius 1 is 1.07 bits per heavy atom. The third-order valence-electron chi connectivity index (χ3n) is 5.39. The molecule has 154 valence electrons. The van der Waals surface area contributed by atoms with E-state index in [9.17, 15) is 4.79 Å². The van der Waals surface area contributed by atoms with Gasteiger partial charge < -0.3 is 9.80 Å². The molecular weight excluding hydrogens is 380 g/mol. The maximum atomic E-state index is 13.0. The van der Waals surface area contributed by atoms with Crippen molar-refractivity contribution in [1.82, 2.24) is 14.9 Å². The zero-order valence-corrected chi connectivity index (χ0v) is 19.2. The first-order chi connectivity index (χ1) is 13.8. The Hall–Kier alpha value is -2.47. The first-order valence-corrected chi connectivity index (χ1v) is 11.0. The summed E-state index contributed by atoms with van der Waals surface area (Å²) in [4.78, 5) is 28.0. The molecule has 6 heteroatoms. The number of hydrogen-bond donors (Lipinski definition) is 0. The van der Waals surface area contributed by atoms with Gasteiger partial charge in [-0.05, 0) is 56.9 Å². The van der Waals surface area contributed by atoms with E-state index in [0.29, 0.717) is 24.8 Å². The van der Waals surface area contributed by atoms with Crippen molar-refractivity contribution in [2.75, 3.05) is 25.0 Å². The highest BCUT2D eigenvalue weighted by atomic mass is 32.1. The summed E-state index contributed by atoms with van der Waals surface area (Å²) < 4.78 is 0. The van der Waals surface area contributed by atoms with Crippen LogP contribution in [0.15, 0.2) is 24.3 Å². The Morgan fingerprint density at radius 3 is 2.24 bits per heavy atom. The Labute approximate surface area is 177 Å². The second-order valence-electron chi connectivity index (χ2n) is 7.61. The van der Waals surface area contributed by atoms with Gasteiger partial charge in [0.1, 0.15) is 16.5 Å². The fraction of sp³-hybridized carbons (Fsp3) is 0.435.